The van der Waals surface area contributed by atoms with E-state index in [1.165, 1.54) is 0 Å². The minimum atomic E-state index is -0.726. The van der Waals surface area contributed by atoms with Crippen LogP contribution in [0, 0.1) is 5.92 Å². The summed E-state index contributed by atoms with van der Waals surface area (Å²) in [4.78, 5) is 39.9. The Balaban J connectivity index is 0.000000941. The maximum atomic E-state index is 12.3. The van der Waals surface area contributed by atoms with Gasteiger partial charge in [0.25, 0.3) is 12.4 Å². The molecule has 1 aliphatic carbocycles. The average molecular weight is 405 g/mol. The molecule has 0 unspecified atom stereocenters. The first-order valence-electron chi connectivity index (χ1n) is 9.39. The molecule has 2 aromatic rings. The normalized spacial score (nSPS) is 20.8. The largest absolute Gasteiger partial charge is 0.483 e. The van der Waals surface area contributed by atoms with Gasteiger partial charge in [0.1, 0.15) is 5.69 Å². The zero-order chi connectivity index (χ0) is 21.2. The number of rotatable bonds is 6. The highest BCUT2D eigenvalue weighted by Gasteiger charge is 2.33. The smallest absolute Gasteiger partial charge is 0.290 e. The van der Waals surface area contributed by atoms with Crippen molar-refractivity contribution in [1.82, 2.24) is 25.2 Å². The van der Waals surface area contributed by atoms with E-state index < -0.39 is 6.10 Å². The second-order valence-corrected chi connectivity index (χ2v) is 6.88. The topological polar surface area (TPSA) is 149 Å². The summed E-state index contributed by atoms with van der Waals surface area (Å²) in [6.45, 7) is 0.279. The molecule has 2 amide bonds. The van der Waals surface area contributed by atoms with Crippen LogP contribution in [0.15, 0.2) is 30.9 Å². The minimum Gasteiger partial charge on any atom is -0.483 e. The molecule has 0 bridgehead atoms. The van der Waals surface area contributed by atoms with Gasteiger partial charge < -0.3 is 30.4 Å². The molecule has 2 aromatic heterocycles. The molecule has 0 spiro atoms. The number of nitrogens with zero attached hydrogens (tertiary/aromatic N) is 2. The van der Waals surface area contributed by atoms with Crippen LogP contribution < -0.4 is 10.6 Å². The molecular weight excluding hydrogens is 378 g/mol. The van der Waals surface area contributed by atoms with Crippen LogP contribution in [0.2, 0.25) is 0 Å². The third-order valence-electron chi connectivity index (χ3n) is 4.93. The molecular formula is C19H27N5O5. The van der Waals surface area contributed by atoms with E-state index in [0.29, 0.717) is 37.9 Å². The minimum absolute atomic E-state index is 0.0456. The van der Waals surface area contributed by atoms with Gasteiger partial charge in [-0.1, -0.05) is 0 Å². The van der Waals surface area contributed by atoms with Gasteiger partial charge in [-0.25, -0.2) is 4.98 Å². The molecule has 0 saturated heterocycles. The molecule has 1 aliphatic rings. The summed E-state index contributed by atoms with van der Waals surface area (Å²) in [5, 5.41) is 23.0. The number of aliphatic hydroxyl groups excluding tert-OH is 1. The molecule has 10 nitrogen and oxygen atoms in total. The Morgan fingerprint density at radius 1 is 1.41 bits per heavy atom. The third kappa shape index (κ3) is 6.46. The summed E-state index contributed by atoms with van der Waals surface area (Å²) in [5.41, 5.74) is 1.52. The van der Waals surface area contributed by atoms with E-state index >= 15 is 0 Å². The van der Waals surface area contributed by atoms with Crippen molar-refractivity contribution in [2.45, 2.75) is 37.8 Å². The number of aromatic nitrogens is 3. The zero-order valence-electron chi connectivity index (χ0n) is 16.2. The highest BCUT2D eigenvalue weighted by atomic mass is 16.3. The van der Waals surface area contributed by atoms with Crippen molar-refractivity contribution >= 4 is 18.3 Å². The Bertz CT molecular complexity index is 789. The van der Waals surface area contributed by atoms with Gasteiger partial charge in [0.2, 0.25) is 5.91 Å². The molecule has 5 N–H and O–H groups in total. The number of hydrogen-bond acceptors (Lipinski definition) is 5. The first-order chi connectivity index (χ1) is 14.0. The molecule has 0 aromatic carbocycles. The Morgan fingerprint density at radius 2 is 2.17 bits per heavy atom. The lowest BCUT2D eigenvalue weighted by Crippen LogP contribution is -2.49. The molecule has 0 aliphatic heterocycles. The quantitative estimate of drug-likeness (QED) is 0.429. The van der Waals surface area contributed by atoms with Gasteiger partial charge >= 0.3 is 0 Å². The summed E-state index contributed by atoms with van der Waals surface area (Å²) in [6, 6.07) is 3.21. The van der Waals surface area contributed by atoms with Crippen molar-refractivity contribution in [1.29, 1.82) is 0 Å². The summed E-state index contributed by atoms with van der Waals surface area (Å²) in [5.74, 6) is -0.477. The highest BCUT2D eigenvalue weighted by molar-refractivity contribution is 5.93. The fraction of sp³-hybridized carbons (Fsp3) is 0.474. The van der Waals surface area contributed by atoms with Crippen LogP contribution >= 0.6 is 0 Å². The number of H-pyrrole nitrogens is 1. The number of carbonyl (C=O) groups is 3. The Morgan fingerprint density at radius 3 is 2.76 bits per heavy atom. The van der Waals surface area contributed by atoms with E-state index in [0.717, 1.165) is 5.69 Å². The van der Waals surface area contributed by atoms with Crippen molar-refractivity contribution in [2.75, 3.05) is 6.54 Å². The first kappa shape index (κ1) is 22.2. The molecule has 158 valence electrons. The summed E-state index contributed by atoms with van der Waals surface area (Å²) in [6.07, 6.45) is 6.69. The highest BCUT2D eigenvalue weighted by Crippen LogP contribution is 2.25. The Labute approximate surface area is 168 Å². The van der Waals surface area contributed by atoms with E-state index in [1.807, 2.05) is 0 Å². The lowest BCUT2D eigenvalue weighted by atomic mass is 9.83. The second-order valence-electron chi connectivity index (χ2n) is 6.88. The lowest BCUT2D eigenvalue weighted by molar-refractivity contribution is -0.127. The van der Waals surface area contributed by atoms with Crippen LogP contribution in [-0.4, -0.2) is 61.7 Å². The lowest BCUT2D eigenvalue weighted by Gasteiger charge is -2.33. The van der Waals surface area contributed by atoms with Gasteiger partial charge in [0, 0.05) is 44.0 Å². The number of hydrogen-bond donors (Lipinski definition) is 5. The average Bonchev–Trinajstić information content (AvgIpc) is 3.35. The number of carboxylic acid groups (broad SMARTS) is 1. The maximum absolute atomic E-state index is 12.3. The van der Waals surface area contributed by atoms with Gasteiger partial charge in [0.15, 0.2) is 0 Å². The van der Waals surface area contributed by atoms with Crippen LogP contribution in [0.3, 0.4) is 0 Å². The van der Waals surface area contributed by atoms with Gasteiger partial charge in [-0.3, -0.25) is 14.4 Å². The van der Waals surface area contributed by atoms with Crippen LogP contribution in [0.5, 0.6) is 0 Å². The van der Waals surface area contributed by atoms with Gasteiger partial charge in [-0.05, 0) is 31.4 Å². The fourth-order valence-corrected chi connectivity index (χ4v) is 3.38. The molecule has 29 heavy (non-hydrogen) atoms. The predicted molar refractivity (Wildman–Crippen MR) is 104 cm³/mol. The third-order valence-corrected chi connectivity index (χ3v) is 4.93. The molecule has 0 radical (unpaired) electrons. The maximum Gasteiger partial charge on any atom is 0.290 e. The standard InChI is InChI=1S/C18H25N5O3.CH2O2/c1-23-8-2-3-15(23)18(26)22-14-5-4-12(9-16(14)24)17(25)20-7-6-13-10-19-11-21-13;2-1-3/h2-3,8,10-12,14,16,24H,4-7,9H2,1H3,(H,19,21)(H,20,25)(H,22,26);1H,(H,2,3)/t12-,14+,16+;/m0./s1. The Kier molecular flexibility index (Phi) is 8.41. The van der Waals surface area contributed by atoms with Crippen molar-refractivity contribution in [2.24, 2.45) is 13.0 Å². The molecule has 1 saturated carbocycles. The predicted octanol–water partition coefficient (Wildman–Crippen LogP) is 0.0673. The van der Waals surface area contributed by atoms with Crippen LogP contribution in [0.1, 0.15) is 35.4 Å². The van der Waals surface area contributed by atoms with E-state index in [9.17, 15) is 14.7 Å². The van der Waals surface area contributed by atoms with Gasteiger partial charge in [0.05, 0.1) is 18.5 Å². The number of imidazole rings is 1. The van der Waals surface area contributed by atoms with Crippen molar-refractivity contribution in [3.8, 4) is 0 Å². The van der Waals surface area contributed by atoms with Crippen molar-refractivity contribution in [3.05, 3.63) is 42.2 Å². The first-order valence-corrected chi connectivity index (χ1v) is 9.39. The van der Waals surface area contributed by atoms with E-state index in [1.54, 1.807) is 42.5 Å². The summed E-state index contributed by atoms with van der Waals surface area (Å²) in [7, 11) is 1.80. The number of aromatic amines is 1. The number of aryl methyl sites for hydroxylation is 1. The monoisotopic (exact) mass is 405 g/mol. The summed E-state index contributed by atoms with van der Waals surface area (Å²) < 4.78 is 1.74. The zero-order valence-corrected chi connectivity index (χ0v) is 16.2. The molecule has 2 heterocycles. The molecule has 3 rings (SSSR count). The SMILES string of the molecule is Cn1cccc1C(=O)N[C@@H]1CC[C@H](C(=O)NCCc2cnc[nH]2)C[C@H]1O.O=CO. The van der Waals surface area contributed by atoms with Crippen LogP contribution in [0.25, 0.3) is 0 Å². The summed E-state index contributed by atoms with van der Waals surface area (Å²) >= 11 is 0. The Hall–Kier alpha value is -3.14. The number of aliphatic hydroxyl groups is 1. The van der Waals surface area contributed by atoms with E-state index in [4.69, 9.17) is 9.90 Å². The molecule has 3 atom stereocenters. The van der Waals surface area contributed by atoms with Crippen LogP contribution in [0.4, 0.5) is 0 Å². The molecule has 10 heteroatoms. The number of carbonyl (C=O) groups excluding carboxylic acids is 2. The van der Waals surface area contributed by atoms with E-state index in [-0.39, 0.29) is 30.2 Å². The van der Waals surface area contributed by atoms with E-state index in [2.05, 4.69) is 20.6 Å². The number of amides is 2. The van der Waals surface area contributed by atoms with Gasteiger partial charge in [-0.15, -0.1) is 0 Å². The van der Waals surface area contributed by atoms with Crippen molar-refractivity contribution in [3.63, 3.8) is 0 Å². The second kappa shape index (κ2) is 11.0. The van der Waals surface area contributed by atoms with Crippen LogP contribution in [-0.2, 0) is 23.1 Å². The van der Waals surface area contributed by atoms with Gasteiger partial charge in [-0.2, -0.15) is 0 Å². The fourth-order valence-electron chi connectivity index (χ4n) is 3.38. The van der Waals surface area contributed by atoms with Crippen molar-refractivity contribution < 1.29 is 24.6 Å². The molecule has 1 fully saturated rings. The number of nitrogens with one attached hydrogen (secondary N) is 3.